The van der Waals surface area contributed by atoms with Crippen LogP contribution >= 0.6 is 11.3 Å². The number of fused-ring (bicyclic) bond motifs is 1. The molecule has 0 fully saturated rings. The van der Waals surface area contributed by atoms with Gasteiger partial charge in [-0.15, -0.1) is 11.3 Å². The van der Waals surface area contributed by atoms with Crippen molar-refractivity contribution in [3.8, 4) is 0 Å². The molecule has 0 aliphatic rings. The first kappa shape index (κ1) is 18.4. The van der Waals surface area contributed by atoms with Crippen LogP contribution in [0.15, 0.2) is 44.9 Å². The fourth-order valence-corrected chi connectivity index (χ4v) is 3.75. The molecule has 0 aliphatic carbocycles. The molecule has 0 N–H and O–H groups in total. The zero-order chi connectivity index (χ0) is 18.7. The van der Waals surface area contributed by atoms with Crippen molar-refractivity contribution < 1.29 is 13.9 Å². The van der Waals surface area contributed by atoms with Gasteiger partial charge in [-0.1, -0.05) is 19.9 Å². The molecule has 26 heavy (non-hydrogen) atoms. The third kappa shape index (κ3) is 4.22. The molecule has 0 saturated carbocycles. The summed E-state index contributed by atoms with van der Waals surface area (Å²) in [6, 6.07) is 9.30. The number of rotatable bonds is 6. The highest BCUT2D eigenvalue weighted by Gasteiger charge is 2.13. The fourth-order valence-electron chi connectivity index (χ4n) is 3.04. The molecule has 0 radical (unpaired) electrons. The summed E-state index contributed by atoms with van der Waals surface area (Å²) in [6.07, 6.45) is 1.00. The number of ether oxygens (including phenoxy) is 1. The van der Waals surface area contributed by atoms with Crippen molar-refractivity contribution in [1.29, 1.82) is 0 Å². The Morgan fingerprint density at radius 1 is 1.27 bits per heavy atom. The maximum absolute atomic E-state index is 12.0. The topological polar surface area (TPSA) is 56.5 Å². The molecule has 0 spiro atoms. The lowest BCUT2D eigenvalue weighted by Crippen LogP contribution is -2.08. The summed E-state index contributed by atoms with van der Waals surface area (Å²) in [4.78, 5) is 25.1. The molecule has 2 aromatic heterocycles. The number of aryl methyl sites for hydroxylation is 2. The lowest BCUT2D eigenvalue weighted by atomic mass is 9.95. The summed E-state index contributed by atoms with van der Waals surface area (Å²) in [5.74, 6) is 0.0866. The Kier molecular flexibility index (Phi) is 5.57. The van der Waals surface area contributed by atoms with Crippen LogP contribution in [0, 0.1) is 6.92 Å². The van der Waals surface area contributed by atoms with E-state index in [1.807, 2.05) is 36.6 Å². The van der Waals surface area contributed by atoms with Crippen molar-refractivity contribution in [2.75, 3.05) is 0 Å². The van der Waals surface area contributed by atoms with Crippen molar-refractivity contribution in [2.24, 2.45) is 0 Å². The highest BCUT2D eigenvalue weighted by atomic mass is 32.1. The van der Waals surface area contributed by atoms with Gasteiger partial charge in [-0.25, -0.2) is 4.79 Å². The molecule has 4 nitrogen and oxygen atoms in total. The van der Waals surface area contributed by atoms with Crippen LogP contribution in [0.5, 0.6) is 0 Å². The smallest absolute Gasteiger partial charge is 0.336 e. The van der Waals surface area contributed by atoms with Gasteiger partial charge < -0.3 is 9.15 Å². The minimum absolute atomic E-state index is 0.0754. The highest BCUT2D eigenvalue weighted by Crippen LogP contribution is 2.27. The first-order valence-electron chi connectivity index (χ1n) is 8.69. The van der Waals surface area contributed by atoms with Crippen LogP contribution in [-0.4, -0.2) is 5.97 Å². The standard InChI is InChI=1S/C21H22O4S/c1-13(2)17-11-18-15(10-21(23)25-19(18)9-14(17)3)12-24-20(22)7-6-16-5-4-8-26-16/h4-5,8-11,13H,6-7,12H2,1-3H3. The largest absolute Gasteiger partial charge is 0.461 e. The normalized spacial score (nSPS) is 11.2. The van der Waals surface area contributed by atoms with Crippen molar-refractivity contribution in [3.05, 3.63) is 67.7 Å². The van der Waals surface area contributed by atoms with E-state index in [9.17, 15) is 9.59 Å². The number of hydrogen-bond acceptors (Lipinski definition) is 5. The summed E-state index contributed by atoms with van der Waals surface area (Å²) in [5.41, 5.74) is 3.06. The summed E-state index contributed by atoms with van der Waals surface area (Å²) in [6.45, 7) is 6.33. The SMILES string of the molecule is Cc1cc2oc(=O)cc(COC(=O)CCc3cccs3)c2cc1C(C)C. The minimum Gasteiger partial charge on any atom is -0.461 e. The number of hydrogen-bond donors (Lipinski definition) is 0. The first-order chi connectivity index (χ1) is 12.4. The van der Waals surface area contributed by atoms with E-state index in [0.717, 1.165) is 15.8 Å². The molecule has 2 heterocycles. The van der Waals surface area contributed by atoms with E-state index in [1.54, 1.807) is 11.3 Å². The molecule has 0 bridgehead atoms. The van der Waals surface area contributed by atoms with E-state index in [0.29, 0.717) is 29.9 Å². The van der Waals surface area contributed by atoms with Gasteiger partial charge >= 0.3 is 11.6 Å². The van der Waals surface area contributed by atoms with Crippen LogP contribution in [-0.2, 0) is 22.6 Å². The summed E-state index contributed by atoms with van der Waals surface area (Å²) in [5, 5.41) is 2.81. The van der Waals surface area contributed by atoms with Gasteiger partial charge in [-0.2, -0.15) is 0 Å². The quantitative estimate of drug-likeness (QED) is 0.454. The second kappa shape index (κ2) is 7.87. The van der Waals surface area contributed by atoms with E-state index in [1.165, 1.54) is 11.6 Å². The molecule has 0 unspecified atom stereocenters. The van der Waals surface area contributed by atoms with Gasteiger partial charge in [-0.05, 0) is 54.0 Å². The molecule has 0 aliphatic heterocycles. The molecule has 1 aromatic carbocycles. The summed E-state index contributed by atoms with van der Waals surface area (Å²) >= 11 is 1.63. The maximum Gasteiger partial charge on any atom is 0.336 e. The van der Waals surface area contributed by atoms with Crippen LogP contribution in [0.1, 0.15) is 47.8 Å². The van der Waals surface area contributed by atoms with Crippen molar-refractivity contribution in [1.82, 2.24) is 0 Å². The Balaban J connectivity index is 1.79. The average molecular weight is 370 g/mol. The second-order valence-corrected chi connectivity index (χ2v) is 7.72. The Bertz CT molecular complexity index is 968. The molecular formula is C21H22O4S. The van der Waals surface area contributed by atoms with Crippen LogP contribution in [0.25, 0.3) is 11.0 Å². The molecule has 0 amide bonds. The Labute approximate surface area is 156 Å². The molecule has 5 heteroatoms. The molecule has 0 saturated heterocycles. The molecule has 3 aromatic rings. The van der Waals surface area contributed by atoms with Crippen LogP contribution in [0.3, 0.4) is 0 Å². The zero-order valence-electron chi connectivity index (χ0n) is 15.2. The van der Waals surface area contributed by atoms with Crippen LogP contribution in [0.4, 0.5) is 0 Å². The Morgan fingerprint density at radius 2 is 2.08 bits per heavy atom. The van der Waals surface area contributed by atoms with Gasteiger partial charge in [0, 0.05) is 21.9 Å². The number of carbonyl (C=O) groups excluding carboxylic acids is 1. The molecule has 0 atom stereocenters. The highest BCUT2D eigenvalue weighted by molar-refractivity contribution is 7.09. The van der Waals surface area contributed by atoms with Gasteiger partial charge in [0.15, 0.2) is 0 Å². The van der Waals surface area contributed by atoms with Gasteiger partial charge in [0.25, 0.3) is 0 Å². The lowest BCUT2D eigenvalue weighted by molar-refractivity contribution is -0.144. The fraction of sp³-hybridized carbons (Fsp3) is 0.333. The third-order valence-electron chi connectivity index (χ3n) is 4.38. The zero-order valence-corrected chi connectivity index (χ0v) is 16.0. The van der Waals surface area contributed by atoms with E-state index in [4.69, 9.17) is 9.15 Å². The lowest BCUT2D eigenvalue weighted by Gasteiger charge is -2.13. The van der Waals surface area contributed by atoms with Gasteiger partial charge in [0.1, 0.15) is 12.2 Å². The number of carbonyl (C=O) groups is 1. The molecular weight excluding hydrogens is 348 g/mol. The molecule has 3 rings (SSSR count). The van der Waals surface area contributed by atoms with Crippen LogP contribution in [0.2, 0.25) is 0 Å². The third-order valence-corrected chi connectivity index (χ3v) is 5.32. The number of esters is 1. The average Bonchev–Trinajstić information content (AvgIpc) is 3.10. The number of benzene rings is 1. The summed E-state index contributed by atoms with van der Waals surface area (Å²) in [7, 11) is 0. The van der Waals surface area contributed by atoms with E-state index in [2.05, 4.69) is 13.8 Å². The van der Waals surface area contributed by atoms with Gasteiger partial charge in [-0.3, -0.25) is 4.79 Å². The van der Waals surface area contributed by atoms with Crippen LogP contribution < -0.4 is 5.63 Å². The van der Waals surface area contributed by atoms with Gasteiger partial charge in [0.2, 0.25) is 0 Å². The van der Waals surface area contributed by atoms with Crippen molar-refractivity contribution in [3.63, 3.8) is 0 Å². The van der Waals surface area contributed by atoms with Gasteiger partial charge in [0.05, 0.1) is 6.42 Å². The maximum atomic E-state index is 12.0. The Morgan fingerprint density at radius 3 is 2.77 bits per heavy atom. The van der Waals surface area contributed by atoms with E-state index in [-0.39, 0.29) is 12.6 Å². The second-order valence-electron chi connectivity index (χ2n) is 6.69. The van der Waals surface area contributed by atoms with E-state index >= 15 is 0 Å². The minimum atomic E-state index is -0.432. The Hall–Kier alpha value is -2.40. The van der Waals surface area contributed by atoms with E-state index < -0.39 is 5.63 Å². The monoisotopic (exact) mass is 370 g/mol. The molecule has 136 valence electrons. The van der Waals surface area contributed by atoms with Crippen molar-refractivity contribution in [2.45, 2.75) is 46.1 Å². The predicted molar refractivity (Wildman–Crippen MR) is 104 cm³/mol. The predicted octanol–water partition coefficient (Wildman–Crippen LogP) is 4.96. The first-order valence-corrected chi connectivity index (χ1v) is 9.57. The summed E-state index contributed by atoms with van der Waals surface area (Å²) < 4.78 is 10.7. The van der Waals surface area contributed by atoms with Crippen molar-refractivity contribution >= 4 is 28.3 Å². The number of thiophene rings is 1.